The van der Waals surface area contributed by atoms with Gasteiger partial charge in [-0.3, -0.25) is 9.59 Å². The van der Waals surface area contributed by atoms with Gasteiger partial charge in [0.15, 0.2) is 0 Å². The molecule has 2 atom stereocenters. The van der Waals surface area contributed by atoms with Crippen LogP contribution in [-0.2, 0) is 24.3 Å². The molecule has 1 fully saturated rings. The Labute approximate surface area is 192 Å². The van der Waals surface area contributed by atoms with Crippen LogP contribution in [0.1, 0.15) is 53.0 Å². The van der Waals surface area contributed by atoms with E-state index in [4.69, 9.17) is 4.74 Å². The van der Waals surface area contributed by atoms with E-state index in [9.17, 15) is 18.0 Å². The van der Waals surface area contributed by atoms with E-state index in [1.807, 2.05) is 41.5 Å². The zero-order valence-electron chi connectivity index (χ0n) is 20.0. The van der Waals surface area contributed by atoms with E-state index in [0.717, 1.165) is 18.4 Å². The number of aryl methyl sites for hydroxylation is 1. The predicted octanol–water partition coefficient (Wildman–Crippen LogP) is 2.22. The van der Waals surface area contributed by atoms with Crippen LogP contribution in [0.3, 0.4) is 0 Å². The highest BCUT2D eigenvalue weighted by molar-refractivity contribution is 7.89. The molecule has 0 saturated carbocycles. The number of benzene rings is 1. The van der Waals surface area contributed by atoms with E-state index in [2.05, 4.69) is 10.0 Å². The molecule has 0 aliphatic carbocycles. The van der Waals surface area contributed by atoms with Gasteiger partial charge in [-0.05, 0) is 58.6 Å². The van der Waals surface area contributed by atoms with Crippen molar-refractivity contribution in [2.24, 2.45) is 5.92 Å². The van der Waals surface area contributed by atoms with Gasteiger partial charge in [-0.1, -0.05) is 31.5 Å². The predicted molar refractivity (Wildman–Crippen MR) is 124 cm³/mol. The molecule has 180 valence electrons. The van der Waals surface area contributed by atoms with Gasteiger partial charge < -0.3 is 15.0 Å². The molecule has 1 aliphatic rings. The zero-order valence-corrected chi connectivity index (χ0v) is 20.8. The fourth-order valence-electron chi connectivity index (χ4n) is 3.68. The monoisotopic (exact) mass is 467 g/mol. The lowest BCUT2D eigenvalue weighted by Crippen LogP contribution is -2.58. The van der Waals surface area contributed by atoms with Gasteiger partial charge in [0.05, 0.1) is 17.5 Å². The maximum absolute atomic E-state index is 13.2. The highest BCUT2D eigenvalue weighted by Crippen LogP contribution is 2.19. The first-order chi connectivity index (χ1) is 14.8. The summed E-state index contributed by atoms with van der Waals surface area (Å²) >= 11 is 0. The van der Waals surface area contributed by atoms with Crippen molar-refractivity contribution in [3.8, 4) is 0 Å². The maximum Gasteiger partial charge on any atom is 0.243 e. The highest BCUT2D eigenvalue weighted by atomic mass is 32.2. The maximum atomic E-state index is 13.2. The third-order valence-corrected chi connectivity index (χ3v) is 6.64. The lowest BCUT2D eigenvalue weighted by Gasteiger charge is -2.36. The molecule has 1 heterocycles. The van der Waals surface area contributed by atoms with E-state index >= 15 is 0 Å². The SMILES string of the molecule is Cc1ccc(S(=O)(=O)NCC(=O)N(C[C@H]2CCCO2)[C@H](C(=O)NC(C)(C)C)C(C)C)cc1. The van der Waals surface area contributed by atoms with Crippen molar-refractivity contribution in [2.45, 2.75) is 77.0 Å². The summed E-state index contributed by atoms with van der Waals surface area (Å²) in [6, 6.07) is 5.66. The molecule has 0 aromatic heterocycles. The van der Waals surface area contributed by atoms with Gasteiger partial charge in [-0.25, -0.2) is 13.1 Å². The Morgan fingerprint density at radius 3 is 2.31 bits per heavy atom. The molecule has 0 spiro atoms. The largest absolute Gasteiger partial charge is 0.376 e. The first kappa shape index (κ1) is 26.3. The van der Waals surface area contributed by atoms with Gasteiger partial charge >= 0.3 is 0 Å². The van der Waals surface area contributed by atoms with E-state index in [1.54, 1.807) is 12.1 Å². The van der Waals surface area contributed by atoms with Gasteiger partial charge in [0, 0.05) is 18.7 Å². The fourth-order valence-corrected chi connectivity index (χ4v) is 4.66. The number of rotatable bonds is 9. The van der Waals surface area contributed by atoms with Crippen LogP contribution in [0.15, 0.2) is 29.2 Å². The number of ether oxygens (including phenoxy) is 1. The minimum atomic E-state index is -3.86. The molecule has 0 radical (unpaired) electrons. The van der Waals surface area contributed by atoms with Crippen LogP contribution in [0.5, 0.6) is 0 Å². The zero-order chi connectivity index (χ0) is 24.1. The van der Waals surface area contributed by atoms with Gasteiger partial charge in [-0.2, -0.15) is 0 Å². The Morgan fingerprint density at radius 1 is 1.19 bits per heavy atom. The Balaban J connectivity index is 2.22. The fraction of sp³-hybridized carbons (Fsp3) is 0.652. The summed E-state index contributed by atoms with van der Waals surface area (Å²) in [5.41, 5.74) is 0.475. The number of nitrogens with one attached hydrogen (secondary N) is 2. The standard InChI is InChI=1S/C23H37N3O5S/c1-16(2)21(22(28)25-23(4,5)6)26(15-18-8-7-13-31-18)20(27)14-24-32(29,30)19-11-9-17(3)10-12-19/h9-12,16,18,21,24H,7-8,13-15H2,1-6H3,(H,25,28)/t18-,21+/m1/s1. The molecule has 1 saturated heterocycles. The molecule has 1 aromatic rings. The molecule has 0 unspecified atom stereocenters. The number of hydrogen-bond acceptors (Lipinski definition) is 5. The number of carbonyl (C=O) groups is 2. The molecule has 9 heteroatoms. The Morgan fingerprint density at radius 2 is 1.81 bits per heavy atom. The summed E-state index contributed by atoms with van der Waals surface area (Å²) in [6.45, 7) is 11.7. The Bertz CT molecular complexity index is 885. The van der Waals surface area contributed by atoms with E-state index < -0.39 is 34.1 Å². The molecule has 1 aliphatic heterocycles. The quantitative estimate of drug-likeness (QED) is 0.579. The average molecular weight is 468 g/mol. The Kier molecular flexibility index (Phi) is 8.84. The number of carbonyl (C=O) groups excluding carboxylic acids is 2. The van der Waals surface area contributed by atoms with Crippen LogP contribution in [0.4, 0.5) is 0 Å². The van der Waals surface area contributed by atoms with Crippen molar-refractivity contribution < 1.29 is 22.7 Å². The molecule has 2 rings (SSSR count). The smallest absolute Gasteiger partial charge is 0.243 e. The van der Waals surface area contributed by atoms with Crippen LogP contribution in [0, 0.1) is 12.8 Å². The summed E-state index contributed by atoms with van der Waals surface area (Å²) in [5.74, 6) is -0.893. The molecule has 2 N–H and O–H groups in total. The molecule has 8 nitrogen and oxygen atoms in total. The molecule has 32 heavy (non-hydrogen) atoms. The first-order valence-corrected chi connectivity index (χ1v) is 12.6. The van der Waals surface area contributed by atoms with Crippen LogP contribution in [-0.4, -0.2) is 62.5 Å². The van der Waals surface area contributed by atoms with Gasteiger partial charge in [0.25, 0.3) is 0 Å². The van der Waals surface area contributed by atoms with E-state index in [1.165, 1.54) is 17.0 Å². The van der Waals surface area contributed by atoms with Gasteiger partial charge in [0.2, 0.25) is 21.8 Å². The van der Waals surface area contributed by atoms with Crippen molar-refractivity contribution in [3.05, 3.63) is 29.8 Å². The van der Waals surface area contributed by atoms with Crippen molar-refractivity contribution in [1.29, 1.82) is 0 Å². The molecule has 2 amide bonds. The lowest BCUT2D eigenvalue weighted by atomic mass is 9.98. The third kappa shape index (κ3) is 7.56. The second kappa shape index (κ2) is 10.8. The minimum absolute atomic E-state index is 0.0902. The van der Waals surface area contributed by atoms with Crippen LogP contribution in [0.25, 0.3) is 0 Å². The second-order valence-electron chi connectivity index (χ2n) is 9.75. The van der Waals surface area contributed by atoms with E-state index in [0.29, 0.717) is 6.61 Å². The molecular formula is C23H37N3O5S. The average Bonchev–Trinajstić information content (AvgIpc) is 3.17. The van der Waals surface area contributed by atoms with Crippen molar-refractivity contribution >= 4 is 21.8 Å². The van der Waals surface area contributed by atoms with Gasteiger partial charge in [-0.15, -0.1) is 0 Å². The number of nitrogens with zero attached hydrogens (tertiary/aromatic N) is 1. The van der Waals surface area contributed by atoms with Crippen molar-refractivity contribution in [3.63, 3.8) is 0 Å². The summed E-state index contributed by atoms with van der Waals surface area (Å²) < 4.78 is 33.4. The first-order valence-electron chi connectivity index (χ1n) is 11.1. The van der Waals surface area contributed by atoms with Crippen LogP contribution < -0.4 is 10.0 Å². The highest BCUT2D eigenvalue weighted by Gasteiger charge is 2.36. The minimum Gasteiger partial charge on any atom is -0.376 e. The van der Waals surface area contributed by atoms with Crippen LogP contribution >= 0.6 is 0 Å². The van der Waals surface area contributed by atoms with Crippen molar-refractivity contribution in [1.82, 2.24) is 14.9 Å². The Hall–Kier alpha value is -1.97. The summed E-state index contributed by atoms with van der Waals surface area (Å²) in [7, 11) is -3.86. The second-order valence-corrected chi connectivity index (χ2v) is 11.5. The topological polar surface area (TPSA) is 105 Å². The summed E-state index contributed by atoms with van der Waals surface area (Å²) in [6.07, 6.45) is 1.52. The molecular weight excluding hydrogens is 430 g/mol. The lowest BCUT2D eigenvalue weighted by molar-refractivity contribution is -0.143. The molecule has 1 aromatic carbocycles. The van der Waals surface area contributed by atoms with Crippen LogP contribution in [0.2, 0.25) is 0 Å². The van der Waals surface area contributed by atoms with E-state index in [-0.39, 0.29) is 29.4 Å². The molecule has 0 bridgehead atoms. The summed E-state index contributed by atoms with van der Waals surface area (Å²) in [4.78, 5) is 27.9. The number of hydrogen-bond donors (Lipinski definition) is 2. The summed E-state index contributed by atoms with van der Waals surface area (Å²) in [5, 5.41) is 2.95. The number of sulfonamides is 1. The third-order valence-electron chi connectivity index (χ3n) is 5.22. The number of amides is 2. The normalized spacial score (nSPS) is 17.9. The van der Waals surface area contributed by atoms with Crippen molar-refractivity contribution in [2.75, 3.05) is 19.7 Å². The van der Waals surface area contributed by atoms with Gasteiger partial charge in [0.1, 0.15) is 6.04 Å².